The molecule has 0 radical (unpaired) electrons. The summed E-state index contributed by atoms with van der Waals surface area (Å²) in [7, 11) is 1.44. The lowest BCUT2D eigenvalue weighted by Crippen LogP contribution is -2.32. The van der Waals surface area contributed by atoms with Crippen molar-refractivity contribution in [2.24, 2.45) is 0 Å². The highest BCUT2D eigenvalue weighted by molar-refractivity contribution is 8.18. The first-order chi connectivity index (χ1) is 17.8. The van der Waals surface area contributed by atoms with Gasteiger partial charge in [0.1, 0.15) is 12.4 Å². The van der Waals surface area contributed by atoms with Gasteiger partial charge in [-0.15, -0.1) is 0 Å². The van der Waals surface area contributed by atoms with E-state index in [1.54, 1.807) is 48.5 Å². The molecular weight excluding hydrogens is 514 g/mol. The van der Waals surface area contributed by atoms with Crippen molar-refractivity contribution >= 4 is 46.6 Å². The molecule has 0 N–H and O–H groups in total. The Labute approximate surface area is 224 Å². The monoisotopic (exact) mass is 537 g/mol. The van der Waals surface area contributed by atoms with Gasteiger partial charge in [-0.1, -0.05) is 41.9 Å². The molecule has 3 aromatic rings. The third-order valence-electron chi connectivity index (χ3n) is 5.57. The van der Waals surface area contributed by atoms with Crippen LogP contribution in [0, 0.1) is 13.8 Å². The fourth-order valence-corrected chi connectivity index (χ4v) is 4.67. The molecule has 9 heteroatoms. The lowest BCUT2D eigenvalue weighted by Gasteiger charge is -2.14. The van der Waals surface area contributed by atoms with E-state index >= 15 is 0 Å². The zero-order valence-electron chi connectivity index (χ0n) is 20.4. The number of halogens is 1. The molecule has 1 heterocycles. The van der Waals surface area contributed by atoms with Crippen LogP contribution in [0.3, 0.4) is 0 Å². The van der Waals surface area contributed by atoms with Gasteiger partial charge in [0.25, 0.3) is 11.1 Å². The van der Waals surface area contributed by atoms with E-state index in [0.29, 0.717) is 5.56 Å². The standard InChI is InChI=1S/C28H24ClNO6S/c1-17-8-9-18(2)23(14-17)35-13-12-30-26(31)25(37-28(30)33)16-19-10-11-22(24(15-19)34-3)36-27(32)20-6-4-5-7-21(20)29/h4-11,14-16H,12-13H2,1-3H3/b25-16-. The molecule has 0 aromatic heterocycles. The van der Waals surface area contributed by atoms with E-state index in [4.69, 9.17) is 25.8 Å². The fraction of sp³-hybridized carbons (Fsp3) is 0.179. The minimum Gasteiger partial charge on any atom is -0.493 e. The Morgan fingerprint density at radius 2 is 1.78 bits per heavy atom. The molecule has 37 heavy (non-hydrogen) atoms. The summed E-state index contributed by atoms with van der Waals surface area (Å²) in [5, 5.41) is -0.0868. The summed E-state index contributed by atoms with van der Waals surface area (Å²) < 4.78 is 16.6. The highest BCUT2D eigenvalue weighted by Gasteiger charge is 2.35. The van der Waals surface area contributed by atoms with Crippen molar-refractivity contribution in [3.05, 3.63) is 92.8 Å². The van der Waals surface area contributed by atoms with Gasteiger partial charge in [-0.05, 0) is 78.7 Å². The minimum absolute atomic E-state index is 0.135. The van der Waals surface area contributed by atoms with Crippen LogP contribution in [0.5, 0.6) is 17.2 Å². The Morgan fingerprint density at radius 1 is 1.00 bits per heavy atom. The summed E-state index contributed by atoms with van der Waals surface area (Å²) in [6, 6.07) is 17.3. The SMILES string of the molecule is COc1cc(/C=C2\SC(=O)N(CCOc3cc(C)ccc3C)C2=O)ccc1OC(=O)c1ccccc1Cl. The van der Waals surface area contributed by atoms with Crippen LogP contribution < -0.4 is 14.2 Å². The number of hydrogen-bond acceptors (Lipinski definition) is 7. The van der Waals surface area contributed by atoms with Gasteiger partial charge in [0, 0.05) is 0 Å². The highest BCUT2D eigenvalue weighted by atomic mass is 35.5. The number of carbonyl (C=O) groups excluding carboxylic acids is 3. The third kappa shape index (κ3) is 6.15. The summed E-state index contributed by atoms with van der Waals surface area (Å²) in [6.07, 6.45) is 1.60. The zero-order chi connectivity index (χ0) is 26.5. The quantitative estimate of drug-likeness (QED) is 0.189. The summed E-state index contributed by atoms with van der Waals surface area (Å²) in [5.74, 6) is 0.190. The molecule has 1 aliphatic heterocycles. The normalized spacial score (nSPS) is 14.3. The second kappa shape index (κ2) is 11.5. The predicted molar refractivity (Wildman–Crippen MR) is 143 cm³/mol. The molecule has 0 saturated carbocycles. The van der Waals surface area contributed by atoms with Crippen molar-refractivity contribution in [1.82, 2.24) is 4.90 Å². The van der Waals surface area contributed by atoms with E-state index < -0.39 is 11.9 Å². The molecule has 0 bridgehead atoms. The van der Waals surface area contributed by atoms with Crippen molar-refractivity contribution in [3.63, 3.8) is 0 Å². The average molecular weight is 538 g/mol. The van der Waals surface area contributed by atoms with Crippen LogP contribution >= 0.6 is 23.4 Å². The number of benzene rings is 3. The van der Waals surface area contributed by atoms with Crippen molar-refractivity contribution < 1.29 is 28.6 Å². The number of ether oxygens (including phenoxy) is 3. The van der Waals surface area contributed by atoms with Crippen molar-refractivity contribution in [3.8, 4) is 17.2 Å². The largest absolute Gasteiger partial charge is 0.493 e. The second-order valence-corrected chi connectivity index (χ2v) is 9.63. The molecule has 0 aliphatic carbocycles. The number of methoxy groups -OCH3 is 1. The molecule has 0 spiro atoms. The summed E-state index contributed by atoms with van der Waals surface area (Å²) in [6.45, 7) is 4.23. The van der Waals surface area contributed by atoms with Gasteiger partial charge in [0.15, 0.2) is 11.5 Å². The smallest absolute Gasteiger partial charge is 0.345 e. The summed E-state index contributed by atoms with van der Waals surface area (Å²) >= 11 is 6.94. The molecule has 0 atom stereocenters. The molecule has 1 aliphatic rings. The average Bonchev–Trinajstić information content (AvgIpc) is 3.14. The third-order valence-corrected chi connectivity index (χ3v) is 6.81. The molecule has 3 aromatic carbocycles. The van der Waals surface area contributed by atoms with Gasteiger partial charge in [0.05, 0.1) is 29.1 Å². The molecule has 1 fully saturated rings. The number of hydrogen-bond donors (Lipinski definition) is 0. The fourth-order valence-electron chi connectivity index (χ4n) is 3.59. The molecule has 4 rings (SSSR count). The molecule has 7 nitrogen and oxygen atoms in total. The number of rotatable bonds is 8. The number of carbonyl (C=O) groups is 3. The topological polar surface area (TPSA) is 82.1 Å². The van der Waals surface area contributed by atoms with Crippen LogP contribution in [0.2, 0.25) is 5.02 Å². The Bertz CT molecular complexity index is 1400. The van der Waals surface area contributed by atoms with Crippen LogP contribution in [-0.4, -0.2) is 42.3 Å². The van der Waals surface area contributed by atoms with Crippen LogP contribution in [-0.2, 0) is 4.79 Å². The number of thioether (sulfide) groups is 1. The lowest BCUT2D eigenvalue weighted by atomic mass is 10.1. The number of nitrogens with zero attached hydrogens (tertiary/aromatic N) is 1. The number of aryl methyl sites for hydroxylation is 2. The summed E-state index contributed by atoms with van der Waals surface area (Å²) in [4.78, 5) is 39.3. The maximum atomic E-state index is 12.9. The van der Waals surface area contributed by atoms with E-state index in [9.17, 15) is 14.4 Å². The Morgan fingerprint density at radius 3 is 2.54 bits per heavy atom. The Kier molecular flexibility index (Phi) is 8.21. The van der Waals surface area contributed by atoms with Gasteiger partial charge in [-0.3, -0.25) is 14.5 Å². The lowest BCUT2D eigenvalue weighted by molar-refractivity contribution is -0.123. The van der Waals surface area contributed by atoms with E-state index in [1.807, 2.05) is 32.0 Å². The molecule has 2 amide bonds. The van der Waals surface area contributed by atoms with Gasteiger partial charge in [0.2, 0.25) is 0 Å². The van der Waals surface area contributed by atoms with Crippen LogP contribution in [0.25, 0.3) is 6.08 Å². The zero-order valence-corrected chi connectivity index (χ0v) is 22.0. The van der Waals surface area contributed by atoms with Gasteiger partial charge in [-0.2, -0.15) is 0 Å². The minimum atomic E-state index is -0.624. The highest BCUT2D eigenvalue weighted by Crippen LogP contribution is 2.35. The van der Waals surface area contributed by atoms with Gasteiger partial charge in [-0.25, -0.2) is 4.79 Å². The number of amides is 2. The Balaban J connectivity index is 1.44. The molecule has 0 unspecified atom stereocenters. The van der Waals surface area contributed by atoms with Crippen molar-refractivity contribution in [2.75, 3.05) is 20.3 Å². The first-order valence-electron chi connectivity index (χ1n) is 11.4. The molecular formula is C28H24ClNO6S. The van der Waals surface area contributed by atoms with Crippen LogP contribution in [0.4, 0.5) is 4.79 Å². The second-order valence-electron chi connectivity index (χ2n) is 8.23. The maximum Gasteiger partial charge on any atom is 0.345 e. The van der Waals surface area contributed by atoms with E-state index in [-0.39, 0.29) is 45.4 Å². The number of esters is 1. The van der Waals surface area contributed by atoms with E-state index in [1.165, 1.54) is 12.0 Å². The van der Waals surface area contributed by atoms with Crippen molar-refractivity contribution in [1.29, 1.82) is 0 Å². The molecule has 1 saturated heterocycles. The Hall–Kier alpha value is -3.75. The van der Waals surface area contributed by atoms with E-state index in [2.05, 4.69) is 0 Å². The van der Waals surface area contributed by atoms with Crippen molar-refractivity contribution in [2.45, 2.75) is 13.8 Å². The first-order valence-corrected chi connectivity index (χ1v) is 12.6. The maximum absolute atomic E-state index is 12.9. The molecule has 190 valence electrons. The van der Waals surface area contributed by atoms with Crippen LogP contribution in [0.15, 0.2) is 65.6 Å². The predicted octanol–water partition coefficient (Wildman–Crippen LogP) is 6.30. The summed E-state index contributed by atoms with van der Waals surface area (Å²) in [5.41, 5.74) is 2.88. The van der Waals surface area contributed by atoms with E-state index in [0.717, 1.165) is 28.6 Å². The van der Waals surface area contributed by atoms with Crippen LogP contribution in [0.1, 0.15) is 27.0 Å². The van der Waals surface area contributed by atoms with Gasteiger partial charge >= 0.3 is 5.97 Å². The number of imide groups is 1. The first kappa shape index (κ1) is 26.3. The van der Waals surface area contributed by atoms with Gasteiger partial charge < -0.3 is 14.2 Å².